The molecule has 0 bridgehead atoms. The van der Waals surface area contributed by atoms with Crippen molar-refractivity contribution in [2.24, 2.45) is 0 Å². The number of rotatable bonds is 6. The normalized spacial score (nSPS) is 11.5. The highest BCUT2D eigenvalue weighted by Gasteiger charge is 2.20. The average molecular weight is 339 g/mol. The van der Waals surface area contributed by atoms with Gasteiger partial charge in [-0.25, -0.2) is 4.79 Å². The van der Waals surface area contributed by atoms with Gasteiger partial charge in [-0.05, 0) is 37.1 Å². The van der Waals surface area contributed by atoms with Crippen molar-refractivity contribution in [1.82, 2.24) is 0 Å². The van der Waals surface area contributed by atoms with Crippen LogP contribution in [0, 0.1) is 0 Å². The Hall–Kier alpha value is -2.95. The van der Waals surface area contributed by atoms with Crippen LogP contribution in [0.5, 0.6) is 0 Å². The van der Waals surface area contributed by atoms with Crippen LogP contribution < -0.4 is 5.32 Å². The molecule has 0 aliphatic heterocycles. The monoisotopic (exact) mass is 339 g/mol. The van der Waals surface area contributed by atoms with Crippen LogP contribution in [0.3, 0.4) is 0 Å². The van der Waals surface area contributed by atoms with Gasteiger partial charge < -0.3 is 10.1 Å². The molecule has 25 heavy (non-hydrogen) atoms. The van der Waals surface area contributed by atoms with Crippen molar-refractivity contribution in [2.45, 2.75) is 33.3 Å². The van der Waals surface area contributed by atoms with Crippen LogP contribution >= 0.6 is 0 Å². The van der Waals surface area contributed by atoms with E-state index in [9.17, 15) is 14.4 Å². The topological polar surface area (TPSA) is 72.5 Å². The predicted molar refractivity (Wildman–Crippen MR) is 95.8 cm³/mol. The van der Waals surface area contributed by atoms with Gasteiger partial charge in [0.25, 0.3) is 0 Å². The highest BCUT2D eigenvalue weighted by Crippen LogP contribution is 2.14. The molecule has 5 heteroatoms. The van der Waals surface area contributed by atoms with Crippen LogP contribution in [0.2, 0.25) is 0 Å². The van der Waals surface area contributed by atoms with E-state index in [4.69, 9.17) is 4.74 Å². The van der Waals surface area contributed by atoms with Gasteiger partial charge in [-0.15, -0.1) is 0 Å². The Morgan fingerprint density at radius 2 is 1.72 bits per heavy atom. The zero-order valence-corrected chi connectivity index (χ0v) is 14.5. The number of anilines is 1. The van der Waals surface area contributed by atoms with E-state index in [0.29, 0.717) is 11.3 Å². The number of esters is 1. The number of aryl methyl sites for hydroxylation is 1. The lowest BCUT2D eigenvalue weighted by Crippen LogP contribution is -2.24. The van der Waals surface area contributed by atoms with Gasteiger partial charge in [0.2, 0.25) is 11.7 Å². The number of carbonyl (C=O) groups excluding carboxylic acids is 3. The van der Waals surface area contributed by atoms with Gasteiger partial charge in [-0.1, -0.05) is 37.3 Å². The minimum Gasteiger partial charge on any atom is -0.451 e. The summed E-state index contributed by atoms with van der Waals surface area (Å²) in [5, 5.41) is 2.60. The van der Waals surface area contributed by atoms with Gasteiger partial charge in [-0.3, -0.25) is 9.59 Å². The average Bonchev–Trinajstić information content (AvgIpc) is 2.60. The van der Waals surface area contributed by atoms with E-state index >= 15 is 0 Å². The Morgan fingerprint density at radius 3 is 2.32 bits per heavy atom. The van der Waals surface area contributed by atoms with Crippen molar-refractivity contribution in [3.05, 3.63) is 65.2 Å². The molecule has 0 fully saturated rings. The Labute approximate surface area is 147 Å². The van der Waals surface area contributed by atoms with Crippen molar-refractivity contribution in [3.8, 4) is 0 Å². The van der Waals surface area contributed by atoms with Gasteiger partial charge in [0.1, 0.15) is 0 Å². The lowest BCUT2D eigenvalue weighted by Gasteiger charge is -2.13. The zero-order valence-electron chi connectivity index (χ0n) is 14.5. The van der Waals surface area contributed by atoms with E-state index in [1.807, 2.05) is 19.1 Å². The fourth-order valence-corrected chi connectivity index (χ4v) is 2.35. The molecule has 1 amide bonds. The van der Waals surface area contributed by atoms with E-state index in [0.717, 1.165) is 12.0 Å². The molecule has 0 unspecified atom stereocenters. The minimum absolute atomic E-state index is 0.232. The first-order valence-electron chi connectivity index (χ1n) is 8.12. The standard InChI is InChI=1S/C20H21NO4/c1-4-15-8-10-16(11-9-15)19(23)13(2)25-20(24)17-6-5-7-18(12-17)21-14(3)22/h5-13H,4H2,1-3H3,(H,21,22)/t13-/m0/s1. The highest BCUT2D eigenvalue weighted by atomic mass is 16.5. The van der Waals surface area contributed by atoms with E-state index in [1.54, 1.807) is 37.3 Å². The van der Waals surface area contributed by atoms with Gasteiger partial charge in [0.15, 0.2) is 6.10 Å². The smallest absolute Gasteiger partial charge is 0.338 e. The van der Waals surface area contributed by atoms with E-state index < -0.39 is 12.1 Å². The molecule has 1 atom stereocenters. The minimum atomic E-state index is -0.899. The van der Waals surface area contributed by atoms with Gasteiger partial charge >= 0.3 is 5.97 Å². The maximum atomic E-state index is 12.4. The second-order valence-electron chi connectivity index (χ2n) is 5.72. The first kappa shape index (κ1) is 18.4. The van der Waals surface area contributed by atoms with Crippen LogP contribution in [0.1, 0.15) is 47.1 Å². The van der Waals surface area contributed by atoms with Crippen molar-refractivity contribution in [1.29, 1.82) is 0 Å². The number of ether oxygens (including phenoxy) is 1. The molecule has 1 N–H and O–H groups in total. The summed E-state index contributed by atoms with van der Waals surface area (Å²) >= 11 is 0. The van der Waals surface area contributed by atoms with Gasteiger partial charge in [0, 0.05) is 18.2 Å². The van der Waals surface area contributed by atoms with E-state index in [2.05, 4.69) is 5.32 Å². The molecule has 0 saturated carbocycles. The third-order valence-electron chi connectivity index (χ3n) is 3.72. The number of ketones is 1. The van der Waals surface area contributed by atoms with E-state index in [1.165, 1.54) is 13.0 Å². The lowest BCUT2D eigenvalue weighted by atomic mass is 10.0. The number of hydrogen-bond donors (Lipinski definition) is 1. The maximum Gasteiger partial charge on any atom is 0.338 e. The molecule has 0 spiro atoms. The van der Waals surface area contributed by atoms with Crippen LogP contribution in [0.15, 0.2) is 48.5 Å². The van der Waals surface area contributed by atoms with Crippen LogP contribution in [-0.4, -0.2) is 23.8 Å². The first-order chi connectivity index (χ1) is 11.9. The summed E-state index contributed by atoms with van der Waals surface area (Å²) in [6, 6.07) is 13.6. The molecule has 0 saturated heterocycles. The summed E-state index contributed by atoms with van der Waals surface area (Å²) in [6.07, 6.45) is -0.00620. The van der Waals surface area contributed by atoms with Gasteiger partial charge in [-0.2, -0.15) is 0 Å². The third kappa shape index (κ3) is 5.01. The second-order valence-corrected chi connectivity index (χ2v) is 5.72. The molecule has 5 nitrogen and oxygen atoms in total. The Balaban J connectivity index is 2.05. The highest BCUT2D eigenvalue weighted by molar-refractivity contribution is 6.01. The molecule has 2 aromatic carbocycles. The van der Waals surface area contributed by atoms with Crippen molar-refractivity contribution < 1.29 is 19.1 Å². The van der Waals surface area contributed by atoms with Crippen LogP contribution in [-0.2, 0) is 16.0 Å². The molecule has 0 aliphatic rings. The third-order valence-corrected chi connectivity index (χ3v) is 3.72. The molecular weight excluding hydrogens is 318 g/mol. The van der Waals surface area contributed by atoms with Crippen LogP contribution in [0.4, 0.5) is 5.69 Å². The summed E-state index contributed by atoms with van der Waals surface area (Å²) in [5.74, 6) is -1.10. The summed E-state index contributed by atoms with van der Waals surface area (Å²) in [4.78, 5) is 35.7. The quantitative estimate of drug-likeness (QED) is 0.644. The Bertz CT molecular complexity index is 781. The maximum absolute atomic E-state index is 12.4. The Kier molecular flexibility index (Phi) is 6.06. The second kappa shape index (κ2) is 8.24. The lowest BCUT2D eigenvalue weighted by molar-refractivity contribution is -0.114. The molecule has 2 rings (SSSR count). The molecular formula is C20H21NO4. The summed E-state index contributed by atoms with van der Waals surface area (Å²) in [6.45, 7) is 4.97. The number of carbonyl (C=O) groups is 3. The van der Waals surface area contributed by atoms with E-state index in [-0.39, 0.29) is 17.3 Å². The molecule has 0 aromatic heterocycles. The molecule has 0 aliphatic carbocycles. The van der Waals surface area contributed by atoms with Crippen molar-refractivity contribution >= 4 is 23.3 Å². The number of amides is 1. The predicted octanol–water partition coefficient (Wildman–Crippen LogP) is 3.64. The zero-order chi connectivity index (χ0) is 18.4. The molecule has 0 heterocycles. The fraction of sp³-hybridized carbons (Fsp3) is 0.250. The summed E-state index contributed by atoms with van der Waals surface area (Å²) in [5.41, 5.74) is 2.41. The summed E-state index contributed by atoms with van der Waals surface area (Å²) < 4.78 is 5.27. The van der Waals surface area contributed by atoms with Crippen molar-refractivity contribution in [2.75, 3.05) is 5.32 Å². The summed E-state index contributed by atoms with van der Waals surface area (Å²) in [7, 11) is 0. The Morgan fingerprint density at radius 1 is 1.04 bits per heavy atom. The molecule has 2 aromatic rings. The number of benzene rings is 2. The molecule has 0 radical (unpaired) electrons. The SMILES string of the molecule is CCc1ccc(C(=O)[C@H](C)OC(=O)c2cccc(NC(C)=O)c2)cc1. The van der Waals surface area contributed by atoms with Crippen LogP contribution in [0.25, 0.3) is 0 Å². The largest absolute Gasteiger partial charge is 0.451 e. The van der Waals surface area contributed by atoms with Crippen molar-refractivity contribution in [3.63, 3.8) is 0 Å². The number of nitrogens with one attached hydrogen (secondary N) is 1. The fourth-order valence-electron chi connectivity index (χ4n) is 2.35. The van der Waals surface area contributed by atoms with Gasteiger partial charge in [0.05, 0.1) is 5.56 Å². The molecule has 130 valence electrons. The number of hydrogen-bond acceptors (Lipinski definition) is 4. The first-order valence-corrected chi connectivity index (χ1v) is 8.12. The number of Topliss-reactive ketones (excluding diaryl/α,β-unsaturated/α-hetero) is 1.